The summed E-state index contributed by atoms with van der Waals surface area (Å²) in [6.45, 7) is 1.79. The molecule has 0 aliphatic heterocycles. The van der Waals surface area contributed by atoms with Crippen LogP contribution in [-0.4, -0.2) is 25.2 Å². The predicted octanol–water partition coefficient (Wildman–Crippen LogP) is 0.326. The molecule has 0 aliphatic carbocycles. The molecule has 9 heteroatoms. The highest BCUT2D eigenvalue weighted by atomic mass is 32.2. The molecule has 1 aromatic carbocycles. The fraction of sp³-hybridized carbons (Fsp3) is 0.100. The van der Waals surface area contributed by atoms with Crippen molar-refractivity contribution in [3.8, 4) is 6.07 Å². The third-order valence-corrected chi connectivity index (χ3v) is 3.11. The fourth-order valence-electron chi connectivity index (χ4n) is 1.01. The maximum Gasteiger partial charge on any atom is 0.358 e. The Bertz CT molecular complexity index is 656. The van der Waals surface area contributed by atoms with Gasteiger partial charge in [-0.25, -0.2) is 0 Å². The van der Waals surface area contributed by atoms with Gasteiger partial charge < -0.3 is 10.9 Å². The summed E-state index contributed by atoms with van der Waals surface area (Å²) in [5.74, 6) is -0.651. The molecular formula is C10H10N4O4S. The van der Waals surface area contributed by atoms with E-state index in [4.69, 9.17) is 16.2 Å². The number of hydrogen-bond acceptors (Lipinski definition) is 7. The Morgan fingerprint density at radius 3 is 2.47 bits per heavy atom. The zero-order chi connectivity index (χ0) is 14.5. The third kappa shape index (κ3) is 3.68. The summed E-state index contributed by atoms with van der Waals surface area (Å²) in [4.78, 5) is -0.126. The Morgan fingerprint density at radius 1 is 1.42 bits per heavy atom. The van der Waals surface area contributed by atoms with Crippen LogP contribution in [0.15, 0.2) is 39.5 Å². The van der Waals surface area contributed by atoms with Crippen molar-refractivity contribution in [3.63, 3.8) is 0 Å². The van der Waals surface area contributed by atoms with Crippen molar-refractivity contribution in [2.24, 2.45) is 16.0 Å². The van der Waals surface area contributed by atoms with Crippen molar-refractivity contribution in [1.29, 1.82) is 5.26 Å². The highest BCUT2D eigenvalue weighted by Crippen LogP contribution is 2.13. The topological polar surface area (TPSA) is 138 Å². The van der Waals surface area contributed by atoms with Gasteiger partial charge in [0.05, 0.1) is 0 Å². The van der Waals surface area contributed by atoms with Gasteiger partial charge in [-0.3, -0.25) is 4.28 Å². The van der Waals surface area contributed by atoms with Crippen molar-refractivity contribution in [2.75, 3.05) is 0 Å². The van der Waals surface area contributed by atoms with Gasteiger partial charge in [0.1, 0.15) is 11.0 Å². The molecule has 19 heavy (non-hydrogen) atoms. The highest BCUT2D eigenvalue weighted by molar-refractivity contribution is 7.86. The normalized spacial score (nSPS) is 12.8. The van der Waals surface area contributed by atoms with Crippen LogP contribution in [0.4, 0.5) is 0 Å². The van der Waals surface area contributed by atoms with E-state index in [0.717, 1.165) is 5.56 Å². The van der Waals surface area contributed by atoms with Crippen LogP contribution in [0.25, 0.3) is 0 Å². The van der Waals surface area contributed by atoms with Crippen LogP contribution in [0.5, 0.6) is 0 Å². The van der Waals surface area contributed by atoms with Crippen LogP contribution in [0, 0.1) is 18.3 Å². The van der Waals surface area contributed by atoms with Crippen LogP contribution in [-0.2, 0) is 14.4 Å². The number of hydrogen-bond donors (Lipinski definition) is 2. The molecule has 100 valence electrons. The standard InChI is InChI=1S/C10H10N4O4S/c1-7-2-4-8(5-3-7)19(16,17)18-14-9(6-11)10(12)13-15/h2-5,15H,1H3,(H2,12,13)/b14-9+. The molecule has 1 rings (SSSR count). The predicted molar refractivity (Wildman–Crippen MR) is 65.9 cm³/mol. The number of nitriles is 1. The molecule has 0 saturated heterocycles. The van der Waals surface area contributed by atoms with E-state index in [9.17, 15) is 8.42 Å². The van der Waals surface area contributed by atoms with E-state index in [1.807, 2.05) is 0 Å². The number of nitrogens with zero attached hydrogens (tertiary/aromatic N) is 3. The first kappa shape index (κ1) is 14.5. The minimum Gasteiger partial charge on any atom is -0.409 e. The van der Waals surface area contributed by atoms with Gasteiger partial charge in [-0.15, -0.1) is 0 Å². The van der Waals surface area contributed by atoms with E-state index >= 15 is 0 Å². The van der Waals surface area contributed by atoms with Gasteiger partial charge in [-0.1, -0.05) is 22.9 Å². The molecule has 0 radical (unpaired) electrons. The van der Waals surface area contributed by atoms with Crippen molar-refractivity contribution in [1.82, 2.24) is 0 Å². The van der Waals surface area contributed by atoms with Crippen LogP contribution in [0.1, 0.15) is 5.56 Å². The zero-order valence-corrected chi connectivity index (χ0v) is 10.6. The number of oxime groups is 2. The number of nitrogens with two attached hydrogens (primary N) is 1. The molecule has 3 N–H and O–H groups in total. The molecule has 8 nitrogen and oxygen atoms in total. The van der Waals surface area contributed by atoms with Crippen LogP contribution >= 0.6 is 0 Å². The molecule has 0 fully saturated rings. The lowest BCUT2D eigenvalue weighted by Crippen LogP contribution is -2.23. The summed E-state index contributed by atoms with van der Waals surface area (Å²) >= 11 is 0. The second kappa shape index (κ2) is 5.83. The average molecular weight is 282 g/mol. The number of aryl methyl sites for hydroxylation is 1. The Kier molecular flexibility index (Phi) is 4.44. The van der Waals surface area contributed by atoms with Crippen molar-refractivity contribution in [2.45, 2.75) is 11.8 Å². The lowest BCUT2D eigenvalue weighted by Gasteiger charge is -2.02. The Hall–Kier alpha value is -2.60. The molecule has 0 amide bonds. The third-order valence-electron chi connectivity index (χ3n) is 1.99. The second-order valence-corrected chi connectivity index (χ2v) is 4.91. The Morgan fingerprint density at radius 2 is 2.00 bits per heavy atom. The largest absolute Gasteiger partial charge is 0.409 e. The maximum absolute atomic E-state index is 11.7. The first-order valence-electron chi connectivity index (χ1n) is 4.87. The second-order valence-electron chi connectivity index (χ2n) is 3.38. The quantitative estimate of drug-likeness (QED) is 0.353. The monoisotopic (exact) mass is 282 g/mol. The van der Waals surface area contributed by atoms with Gasteiger partial charge in [-0.2, -0.15) is 13.7 Å². The summed E-state index contributed by atoms with van der Waals surface area (Å²) < 4.78 is 27.7. The molecule has 0 heterocycles. The highest BCUT2D eigenvalue weighted by Gasteiger charge is 2.16. The summed E-state index contributed by atoms with van der Waals surface area (Å²) in [6, 6.07) is 7.25. The van der Waals surface area contributed by atoms with Gasteiger partial charge in [0.15, 0.2) is 0 Å². The zero-order valence-electron chi connectivity index (χ0n) is 9.81. The number of benzene rings is 1. The van der Waals surface area contributed by atoms with E-state index in [1.54, 1.807) is 19.1 Å². The summed E-state index contributed by atoms with van der Waals surface area (Å²) in [5.41, 5.74) is 5.31. The fourth-order valence-corrected chi connectivity index (χ4v) is 1.73. The summed E-state index contributed by atoms with van der Waals surface area (Å²) in [6.07, 6.45) is 0. The first-order valence-corrected chi connectivity index (χ1v) is 6.28. The molecule has 0 atom stereocenters. The molecule has 0 saturated carbocycles. The van der Waals surface area contributed by atoms with Crippen molar-refractivity contribution >= 4 is 21.7 Å². The van der Waals surface area contributed by atoms with Gasteiger partial charge >= 0.3 is 10.1 Å². The minimum absolute atomic E-state index is 0.126. The minimum atomic E-state index is -4.15. The summed E-state index contributed by atoms with van der Waals surface area (Å²) in [5, 5.41) is 22.5. The van der Waals surface area contributed by atoms with Gasteiger partial charge in [0.2, 0.25) is 11.5 Å². The lowest BCUT2D eigenvalue weighted by molar-refractivity contribution is 0.318. The summed E-state index contributed by atoms with van der Waals surface area (Å²) in [7, 11) is -4.15. The number of amidine groups is 1. The van der Waals surface area contributed by atoms with E-state index < -0.39 is 21.7 Å². The molecule has 1 aromatic rings. The first-order chi connectivity index (χ1) is 8.90. The molecule has 0 bridgehead atoms. The van der Waals surface area contributed by atoms with E-state index in [-0.39, 0.29) is 4.90 Å². The average Bonchev–Trinajstić information content (AvgIpc) is 2.39. The van der Waals surface area contributed by atoms with Crippen LogP contribution in [0.3, 0.4) is 0 Å². The lowest BCUT2D eigenvalue weighted by atomic mass is 10.2. The van der Waals surface area contributed by atoms with Crippen molar-refractivity contribution in [3.05, 3.63) is 29.8 Å². The Labute approximate surface area is 109 Å². The maximum atomic E-state index is 11.7. The molecule has 0 unspecified atom stereocenters. The van der Waals surface area contributed by atoms with E-state index in [2.05, 4.69) is 14.6 Å². The van der Waals surface area contributed by atoms with E-state index in [1.165, 1.54) is 18.2 Å². The molecule has 0 spiro atoms. The molecular weight excluding hydrogens is 272 g/mol. The van der Waals surface area contributed by atoms with Crippen molar-refractivity contribution < 1.29 is 17.9 Å². The van der Waals surface area contributed by atoms with Crippen LogP contribution < -0.4 is 5.73 Å². The van der Waals surface area contributed by atoms with Gasteiger partial charge in [-0.05, 0) is 24.2 Å². The van der Waals surface area contributed by atoms with Gasteiger partial charge in [0.25, 0.3) is 0 Å². The van der Waals surface area contributed by atoms with E-state index in [0.29, 0.717) is 0 Å². The smallest absolute Gasteiger partial charge is 0.358 e. The molecule has 0 aliphatic rings. The number of rotatable bonds is 4. The molecule has 0 aromatic heterocycles. The van der Waals surface area contributed by atoms with Crippen LogP contribution in [0.2, 0.25) is 0 Å². The van der Waals surface area contributed by atoms with Gasteiger partial charge in [0, 0.05) is 0 Å². The Balaban J connectivity index is 3.02. The SMILES string of the molecule is Cc1ccc(S(=O)(=O)O/N=C(C#N)/C(N)=N/O)cc1.